The number of rotatable bonds is 3. The van der Waals surface area contributed by atoms with Gasteiger partial charge in [-0.1, -0.05) is 0 Å². The van der Waals surface area contributed by atoms with Crippen LogP contribution < -0.4 is 0 Å². The van der Waals surface area contributed by atoms with Gasteiger partial charge >= 0.3 is 12.1 Å². The summed E-state index contributed by atoms with van der Waals surface area (Å²) in [5.74, 6) is -0.697. The lowest BCUT2D eigenvalue weighted by Crippen LogP contribution is -2.36. The van der Waals surface area contributed by atoms with Gasteiger partial charge in [0.2, 0.25) is 6.20 Å². The lowest BCUT2D eigenvalue weighted by Gasteiger charge is -2.26. The maximum atomic E-state index is 12.4. The van der Waals surface area contributed by atoms with Crippen LogP contribution in [0.5, 0.6) is 0 Å². The number of aryl methyl sites for hydroxylation is 1. The zero-order valence-corrected chi connectivity index (χ0v) is 15.2. The summed E-state index contributed by atoms with van der Waals surface area (Å²) in [7, 11) is 1.21. The highest BCUT2D eigenvalue weighted by atomic mass is 16.6. The Kier molecular flexibility index (Phi) is 5.63. The molecule has 2 rings (SSSR count). The topological polar surface area (TPSA) is 117 Å². The molecular formula is C16H22N4O6. The van der Waals surface area contributed by atoms with Crippen molar-refractivity contribution >= 4 is 18.1 Å². The Morgan fingerprint density at radius 2 is 2.00 bits per heavy atom. The fraction of sp³-hybridized carbons (Fsp3) is 0.562. The van der Waals surface area contributed by atoms with Crippen LogP contribution in [0.3, 0.4) is 0 Å². The lowest BCUT2D eigenvalue weighted by atomic mass is 10.1. The number of hydrogen-bond donors (Lipinski definition) is 0. The van der Waals surface area contributed by atoms with Crippen LogP contribution in [0, 0.1) is 10.1 Å². The van der Waals surface area contributed by atoms with Crippen LogP contribution in [0.2, 0.25) is 0 Å². The van der Waals surface area contributed by atoms with Crippen LogP contribution in [0.4, 0.5) is 4.79 Å². The van der Waals surface area contributed by atoms with E-state index < -0.39 is 22.6 Å². The molecule has 1 amide bonds. The summed E-state index contributed by atoms with van der Waals surface area (Å²) in [5.41, 5.74) is 0.123. The van der Waals surface area contributed by atoms with E-state index >= 15 is 0 Å². The van der Waals surface area contributed by atoms with Crippen LogP contribution in [0.25, 0.3) is 6.08 Å². The summed E-state index contributed by atoms with van der Waals surface area (Å²) in [5, 5.41) is 14.9. The third-order valence-corrected chi connectivity index (χ3v) is 3.63. The van der Waals surface area contributed by atoms with Gasteiger partial charge in [0, 0.05) is 24.7 Å². The Bertz CT molecular complexity index is 747. The number of nitro groups is 1. The minimum atomic E-state index is -0.697. The van der Waals surface area contributed by atoms with Gasteiger partial charge in [-0.15, -0.1) is 0 Å². The second-order valence-corrected chi connectivity index (χ2v) is 6.78. The van der Waals surface area contributed by atoms with E-state index in [9.17, 15) is 19.7 Å². The Balaban J connectivity index is 2.41. The fourth-order valence-electron chi connectivity index (χ4n) is 2.57. The molecule has 0 atom stereocenters. The number of carbonyl (C=O) groups is 2. The van der Waals surface area contributed by atoms with Crippen molar-refractivity contribution < 1.29 is 24.0 Å². The van der Waals surface area contributed by atoms with Crippen molar-refractivity contribution in [3.63, 3.8) is 0 Å². The van der Waals surface area contributed by atoms with Crippen molar-refractivity contribution in [3.05, 3.63) is 33.3 Å². The zero-order chi connectivity index (χ0) is 19.5. The zero-order valence-electron chi connectivity index (χ0n) is 15.2. The van der Waals surface area contributed by atoms with E-state index in [4.69, 9.17) is 9.47 Å². The summed E-state index contributed by atoms with van der Waals surface area (Å²) in [4.78, 5) is 36.0. The minimum absolute atomic E-state index is 0.0216. The summed E-state index contributed by atoms with van der Waals surface area (Å²) in [6, 6.07) is 0. The quantitative estimate of drug-likeness (QED) is 0.456. The molecule has 0 radical (unpaired) electrons. The van der Waals surface area contributed by atoms with E-state index in [1.165, 1.54) is 18.1 Å². The molecule has 1 aliphatic rings. The molecule has 0 aliphatic carbocycles. The Hall–Kier alpha value is -2.91. The highest BCUT2D eigenvalue weighted by Gasteiger charge is 2.29. The second-order valence-electron chi connectivity index (χ2n) is 6.78. The molecule has 0 N–H and O–H groups in total. The SMILES string of the molecule is COC(=O)c1nn2c(c1C=C[N+](=O)[O-])CN(C(=O)OC(C)(C)C)CCC2. The van der Waals surface area contributed by atoms with Crippen LogP contribution in [0.1, 0.15) is 48.9 Å². The van der Waals surface area contributed by atoms with Crippen LogP contribution >= 0.6 is 0 Å². The van der Waals surface area contributed by atoms with E-state index in [1.54, 1.807) is 25.5 Å². The Morgan fingerprint density at radius 3 is 2.58 bits per heavy atom. The third-order valence-electron chi connectivity index (χ3n) is 3.63. The first kappa shape index (κ1) is 19.4. The molecule has 0 bridgehead atoms. The first-order valence-electron chi connectivity index (χ1n) is 8.10. The molecule has 142 valence electrons. The normalized spacial score (nSPS) is 14.7. The van der Waals surface area contributed by atoms with Gasteiger partial charge in [0.05, 0.1) is 24.3 Å². The average Bonchev–Trinajstić information content (AvgIpc) is 2.72. The van der Waals surface area contributed by atoms with Gasteiger partial charge in [0.15, 0.2) is 5.69 Å². The maximum Gasteiger partial charge on any atom is 0.410 e. The number of esters is 1. The van der Waals surface area contributed by atoms with E-state index in [0.29, 0.717) is 25.2 Å². The van der Waals surface area contributed by atoms with E-state index in [2.05, 4.69) is 5.10 Å². The average molecular weight is 366 g/mol. The molecule has 1 aliphatic heterocycles. The molecule has 10 heteroatoms. The summed E-state index contributed by atoms with van der Waals surface area (Å²) in [6.45, 7) is 6.35. The van der Waals surface area contributed by atoms with Gasteiger partial charge in [-0.2, -0.15) is 5.10 Å². The predicted molar refractivity (Wildman–Crippen MR) is 90.9 cm³/mol. The first-order valence-corrected chi connectivity index (χ1v) is 8.10. The van der Waals surface area contributed by atoms with Crippen LogP contribution in [-0.4, -0.2) is 50.9 Å². The lowest BCUT2D eigenvalue weighted by molar-refractivity contribution is -0.400. The number of carbonyl (C=O) groups excluding carboxylic acids is 2. The molecular weight excluding hydrogens is 344 g/mol. The largest absolute Gasteiger partial charge is 0.464 e. The van der Waals surface area contributed by atoms with E-state index in [0.717, 1.165) is 6.20 Å². The van der Waals surface area contributed by atoms with E-state index in [-0.39, 0.29) is 17.8 Å². The molecule has 2 heterocycles. The molecule has 1 aromatic heterocycles. The van der Waals surface area contributed by atoms with Gasteiger partial charge in [-0.3, -0.25) is 14.8 Å². The van der Waals surface area contributed by atoms with Crippen molar-refractivity contribution in [1.82, 2.24) is 14.7 Å². The number of methoxy groups -OCH3 is 1. The summed E-state index contributed by atoms with van der Waals surface area (Å²) in [6.07, 6.45) is 2.04. The maximum absolute atomic E-state index is 12.4. The monoisotopic (exact) mass is 366 g/mol. The van der Waals surface area contributed by atoms with Gasteiger partial charge < -0.3 is 14.4 Å². The molecule has 0 fully saturated rings. The van der Waals surface area contributed by atoms with Crippen molar-refractivity contribution in [3.8, 4) is 0 Å². The summed E-state index contributed by atoms with van der Waals surface area (Å²) < 4.78 is 11.7. The number of ether oxygens (including phenoxy) is 2. The smallest absolute Gasteiger partial charge is 0.410 e. The molecule has 0 saturated heterocycles. The Morgan fingerprint density at radius 1 is 1.31 bits per heavy atom. The van der Waals surface area contributed by atoms with Gasteiger partial charge in [0.25, 0.3) is 0 Å². The number of nitrogens with zero attached hydrogens (tertiary/aromatic N) is 4. The first-order chi connectivity index (χ1) is 12.1. The van der Waals surface area contributed by atoms with Crippen molar-refractivity contribution in [2.75, 3.05) is 13.7 Å². The fourth-order valence-corrected chi connectivity index (χ4v) is 2.57. The van der Waals surface area contributed by atoms with Crippen LogP contribution in [-0.2, 0) is 22.6 Å². The second kappa shape index (κ2) is 7.54. The molecule has 1 aromatic rings. The number of fused-ring (bicyclic) bond motifs is 1. The van der Waals surface area contributed by atoms with Crippen molar-refractivity contribution in [1.29, 1.82) is 0 Å². The van der Waals surface area contributed by atoms with Crippen molar-refractivity contribution in [2.45, 2.75) is 45.9 Å². The highest BCUT2D eigenvalue weighted by Crippen LogP contribution is 2.23. The van der Waals surface area contributed by atoms with Crippen molar-refractivity contribution in [2.24, 2.45) is 0 Å². The highest BCUT2D eigenvalue weighted by molar-refractivity contribution is 5.92. The van der Waals surface area contributed by atoms with Gasteiger partial charge in [0.1, 0.15) is 5.60 Å². The molecule has 0 unspecified atom stereocenters. The number of aromatic nitrogens is 2. The standard InChI is InChI=1S/C16H22N4O6/c1-16(2,3)26-15(22)18-7-5-8-19-12(10-18)11(6-9-20(23)24)13(17-19)14(21)25-4/h6,9H,5,7-8,10H2,1-4H3. The molecule has 0 saturated carbocycles. The predicted octanol–water partition coefficient (Wildman–Crippen LogP) is 2.06. The molecule has 10 nitrogen and oxygen atoms in total. The summed E-state index contributed by atoms with van der Waals surface area (Å²) >= 11 is 0. The molecule has 0 aromatic carbocycles. The van der Waals surface area contributed by atoms with Gasteiger partial charge in [-0.25, -0.2) is 9.59 Å². The van der Waals surface area contributed by atoms with Crippen LogP contribution in [0.15, 0.2) is 6.20 Å². The molecule has 26 heavy (non-hydrogen) atoms. The third kappa shape index (κ3) is 4.58. The number of amides is 1. The van der Waals surface area contributed by atoms with Gasteiger partial charge in [-0.05, 0) is 27.2 Å². The van der Waals surface area contributed by atoms with E-state index in [1.807, 2.05) is 0 Å². The number of hydrogen-bond acceptors (Lipinski definition) is 7. The molecule has 0 spiro atoms. The Labute approximate surface area is 150 Å². The minimum Gasteiger partial charge on any atom is -0.464 e.